The van der Waals surface area contributed by atoms with Gasteiger partial charge in [-0.25, -0.2) is 0 Å². The van der Waals surface area contributed by atoms with Gasteiger partial charge in [0.05, 0.1) is 0 Å². The summed E-state index contributed by atoms with van der Waals surface area (Å²) in [7, 11) is 2.39. The molecule has 0 rings (SSSR count). The lowest BCUT2D eigenvalue weighted by Gasteiger charge is -1.65. The van der Waals surface area contributed by atoms with Crippen LogP contribution >= 0.6 is 9.24 Å². The Kier molecular flexibility index (Phi) is 3.82. The molecule has 0 fully saturated rings. The molecule has 30 valence electrons. The average molecular weight is 91.1 g/mol. The van der Waals surface area contributed by atoms with Crippen LogP contribution in [0, 0.1) is 0 Å². The predicted molar refractivity (Wildman–Crippen MR) is 24.9 cm³/mol. The van der Waals surface area contributed by atoms with Crippen molar-refractivity contribution in [2.45, 2.75) is 0 Å². The Hall–Kier alpha value is -0.100. The minimum absolute atomic E-state index is 0.719. The first kappa shape index (κ1) is 4.90. The molecule has 0 radical (unpaired) electrons. The molecular formula is C2H6NOP. The average Bonchev–Trinajstić information content (AvgIpc) is 1.41. The highest BCUT2D eigenvalue weighted by Gasteiger charge is 1.55. The van der Waals surface area contributed by atoms with E-state index in [0.29, 0.717) is 0 Å². The second-order valence-corrected chi connectivity index (χ2v) is 1.01. The normalized spacial score (nSPS) is 9.80. The Balaban J connectivity index is 2.62. The summed E-state index contributed by atoms with van der Waals surface area (Å²) >= 11 is 0. The van der Waals surface area contributed by atoms with Gasteiger partial charge in [-0.05, 0) is 0 Å². The van der Waals surface area contributed by atoms with Gasteiger partial charge in [-0.3, -0.25) is 0 Å². The van der Waals surface area contributed by atoms with Crippen LogP contribution in [0.1, 0.15) is 0 Å². The minimum atomic E-state index is 0.719. The van der Waals surface area contributed by atoms with Gasteiger partial charge < -0.3 is 5.21 Å². The van der Waals surface area contributed by atoms with Gasteiger partial charge in [0.25, 0.3) is 0 Å². The fraction of sp³-hybridized carbons (Fsp3) is 0.500. The maximum absolute atomic E-state index is 7.62. The van der Waals surface area contributed by atoms with Gasteiger partial charge in [0.1, 0.15) is 0 Å². The summed E-state index contributed by atoms with van der Waals surface area (Å²) in [4.78, 5) is 0. The summed E-state index contributed by atoms with van der Waals surface area (Å²) in [6.45, 7) is 0. The van der Waals surface area contributed by atoms with Crippen LogP contribution in [0.3, 0.4) is 0 Å². The predicted octanol–water partition coefficient (Wildman–Crippen LogP) is 0.321. The third kappa shape index (κ3) is 3.90. The maximum Gasteiger partial charge on any atom is 0.0473 e. The zero-order valence-electron chi connectivity index (χ0n) is 2.76. The molecule has 0 aliphatic heterocycles. The first-order valence-electron chi connectivity index (χ1n) is 1.27. The molecule has 0 saturated heterocycles. The number of rotatable bonds is 1. The first-order chi connectivity index (χ1) is 2.41. The van der Waals surface area contributed by atoms with Crippen LogP contribution in [0.15, 0.2) is 5.16 Å². The molecule has 0 aliphatic carbocycles. The third-order valence-corrected chi connectivity index (χ3v) is 0.398. The molecule has 0 aromatic rings. The van der Waals surface area contributed by atoms with Crippen LogP contribution in [-0.4, -0.2) is 17.6 Å². The van der Waals surface area contributed by atoms with E-state index in [1.54, 1.807) is 0 Å². The van der Waals surface area contributed by atoms with E-state index in [1.165, 1.54) is 6.21 Å². The minimum Gasteiger partial charge on any atom is -0.411 e. The van der Waals surface area contributed by atoms with Crippen LogP contribution < -0.4 is 0 Å². The van der Waals surface area contributed by atoms with Crippen molar-refractivity contribution in [3.05, 3.63) is 0 Å². The van der Waals surface area contributed by atoms with Gasteiger partial charge in [-0.1, -0.05) is 0 Å². The van der Waals surface area contributed by atoms with E-state index in [2.05, 4.69) is 14.4 Å². The Morgan fingerprint density at radius 2 is 2.60 bits per heavy atom. The summed E-state index contributed by atoms with van der Waals surface area (Å²) in [6.07, 6.45) is 2.11. The number of nitrogens with zero attached hydrogens (tertiary/aromatic N) is 1. The third-order valence-electron chi connectivity index (χ3n) is 0.187. The number of hydrogen-bond donors (Lipinski definition) is 1. The molecule has 0 aromatic carbocycles. The van der Waals surface area contributed by atoms with Gasteiger partial charge in [-0.2, -0.15) is 0 Å². The smallest absolute Gasteiger partial charge is 0.0473 e. The van der Waals surface area contributed by atoms with Crippen molar-refractivity contribution in [3.63, 3.8) is 0 Å². The number of oxime groups is 1. The summed E-state index contributed by atoms with van der Waals surface area (Å²) in [5.41, 5.74) is 0. The second kappa shape index (κ2) is 3.90. The highest BCUT2D eigenvalue weighted by atomic mass is 31.0. The largest absolute Gasteiger partial charge is 0.411 e. The van der Waals surface area contributed by atoms with Crippen LogP contribution in [0.5, 0.6) is 0 Å². The Labute approximate surface area is 33.1 Å². The molecule has 1 atom stereocenters. The van der Waals surface area contributed by atoms with Crippen LogP contribution in [-0.2, 0) is 0 Å². The van der Waals surface area contributed by atoms with E-state index in [9.17, 15) is 0 Å². The van der Waals surface area contributed by atoms with Crippen molar-refractivity contribution in [3.8, 4) is 0 Å². The fourth-order valence-corrected chi connectivity index (χ4v) is 0.141. The van der Waals surface area contributed by atoms with Gasteiger partial charge in [0.2, 0.25) is 0 Å². The lowest BCUT2D eigenvalue weighted by atomic mass is 10.9. The quantitative estimate of drug-likeness (QED) is 0.214. The summed E-state index contributed by atoms with van der Waals surface area (Å²) < 4.78 is 0. The van der Waals surface area contributed by atoms with Gasteiger partial charge >= 0.3 is 0 Å². The molecule has 0 bridgehead atoms. The molecule has 1 N–H and O–H groups in total. The van der Waals surface area contributed by atoms with Gasteiger partial charge in [-0.15, -0.1) is 14.4 Å². The molecule has 0 heterocycles. The monoisotopic (exact) mass is 91.0 g/mol. The molecule has 0 aliphatic rings. The molecule has 0 aromatic heterocycles. The number of hydrogen-bond acceptors (Lipinski definition) is 2. The molecule has 2 nitrogen and oxygen atoms in total. The molecule has 0 amide bonds. The topological polar surface area (TPSA) is 32.6 Å². The molecule has 5 heavy (non-hydrogen) atoms. The van der Waals surface area contributed by atoms with E-state index < -0.39 is 0 Å². The zero-order valence-corrected chi connectivity index (χ0v) is 3.91. The second-order valence-electron chi connectivity index (χ2n) is 0.534. The van der Waals surface area contributed by atoms with Crippen molar-refractivity contribution >= 4 is 15.5 Å². The van der Waals surface area contributed by atoms with Gasteiger partial charge in [0.15, 0.2) is 0 Å². The Morgan fingerprint density at radius 1 is 2.00 bits per heavy atom. The lowest BCUT2D eigenvalue weighted by Crippen LogP contribution is -1.66. The maximum atomic E-state index is 7.62. The molecular weight excluding hydrogens is 85.0 g/mol. The molecule has 0 spiro atoms. The molecule has 1 unspecified atom stereocenters. The summed E-state index contributed by atoms with van der Waals surface area (Å²) in [6, 6.07) is 0. The first-order valence-corrected chi connectivity index (χ1v) is 2.09. The van der Waals surface area contributed by atoms with Crippen molar-refractivity contribution in [2.75, 3.05) is 6.16 Å². The van der Waals surface area contributed by atoms with E-state index >= 15 is 0 Å². The van der Waals surface area contributed by atoms with E-state index in [0.717, 1.165) is 6.16 Å². The van der Waals surface area contributed by atoms with Gasteiger partial charge in [0, 0.05) is 12.4 Å². The Morgan fingerprint density at radius 3 is 2.60 bits per heavy atom. The van der Waals surface area contributed by atoms with Crippen LogP contribution in [0.4, 0.5) is 0 Å². The van der Waals surface area contributed by atoms with Crippen molar-refractivity contribution < 1.29 is 5.21 Å². The Bertz CT molecular complexity index is 36.6. The zero-order chi connectivity index (χ0) is 4.12. The molecule has 3 heteroatoms. The van der Waals surface area contributed by atoms with Crippen molar-refractivity contribution in [2.24, 2.45) is 5.16 Å². The highest BCUT2D eigenvalue weighted by Crippen LogP contribution is 1.69. The lowest BCUT2D eigenvalue weighted by molar-refractivity contribution is 0.321. The highest BCUT2D eigenvalue weighted by molar-refractivity contribution is 7.17. The summed E-state index contributed by atoms with van der Waals surface area (Å²) in [5, 5.41) is 10.3. The standard InChI is InChI=1S/C2H6NOP/c4-3-1-2-5/h1,4H,2,5H2. The van der Waals surface area contributed by atoms with Crippen molar-refractivity contribution in [1.29, 1.82) is 0 Å². The van der Waals surface area contributed by atoms with E-state index in [4.69, 9.17) is 5.21 Å². The van der Waals surface area contributed by atoms with Crippen molar-refractivity contribution in [1.82, 2.24) is 0 Å². The van der Waals surface area contributed by atoms with E-state index in [-0.39, 0.29) is 0 Å². The van der Waals surface area contributed by atoms with Crippen LogP contribution in [0.2, 0.25) is 0 Å². The van der Waals surface area contributed by atoms with E-state index in [1.807, 2.05) is 0 Å². The molecule has 0 saturated carbocycles. The summed E-state index contributed by atoms with van der Waals surface area (Å²) in [5.74, 6) is 0. The fourth-order valence-electron chi connectivity index (χ4n) is 0.0471. The van der Waals surface area contributed by atoms with Crippen LogP contribution in [0.25, 0.3) is 0 Å². The SMILES string of the molecule is ON=CCP.